The number of nitriles is 1. The van der Waals surface area contributed by atoms with Gasteiger partial charge in [0, 0.05) is 6.42 Å². The molecule has 0 bridgehead atoms. The molecule has 1 aliphatic rings. The maximum absolute atomic E-state index is 11.6. The Bertz CT molecular complexity index is 418. The first-order valence-corrected chi connectivity index (χ1v) is 5.03. The van der Waals surface area contributed by atoms with E-state index in [1.165, 1.54) is 0 Å². The normalized spacial score (nSPS) is 22.9. The second-order valence-electron chi connectivity index (χ2n) is 3.60. The summed E-state index contributed by atoms with van der Waals surface area (Å²) in [7, 11) is 0. The molecule has 4 heteroatoms. The van der Waals surface area contributed by atoms with Gasteiger partial charge in [0.2, 0.25) is 0 Å². The van der Waals surface area contributed by atoms with E-state index in [1.807, 2.05) is 36.4 Å². The van der Waals surface area contributed by atoms with Crippen molar-refractivity contribution in [1.82, 2.24) is 0 Å². The van der Waals surface area contributed by atoms with Gasteiger partial charge in [-0.3, -0.25) is 0 Å². The summed E-state index contributed by atoms with van der Waals surface area (Å²) in [4.78, 5) is 11.6. The standard InChI is InChI=1S/C12H11NO3/c13-9-12(6-7-16-12)11(14)15-8-10-4-2-1-3-5-10/h1-5H,6-8H2/t12-/m1/s1. The summed E-state index contributed by atoms with van der Waals surface area (Å²) >= 11 is 0. The van der Waals surface area contributed by atoms with Gasteiger partial charge in [-0.1, -0.05) is 30.3 Å². The monoisotopic (exact) mass is 217 g/mol. The third-order valence-electron chi connectivity index (χ3n) is 2.53. The zero-order valence-electron chi connectivity index (χ0n) is 8.68. The van der Waals surface area contributed by atoms with Crippen molar-refractivity contribution < 1.29 is 14.3 Å². The highest BCUT2D eigenvalue weighted by Gasteiger charge is 2.48. The first-order valence-electron chi connectivity index (χ1n) is 5.03. The van der Waals surface area contributed by atoms with E-state index in [4.69, 9.17) is 14.7 Å². The lowest BCUT2D eigenvalue weighted by Crippen LogP contribution is -2.50. The van der Waals surface area contributed by atoms with E-state index >= 15 is 0 Å². The Morgan fingerprint density at radius 1 is 1.50 bits per heavy atom. The van der Waals surface area contributed by atoms with Gasteiger partial charge >= 0.3 is 5.97 Å². The minimum atomic E-state index is -1.35. The summed E-state index contributed by atoms with van der Waals surface area (Å²) in [5.41, 5.74) is -0.460. The van der Waals surface area contributed by atoms with Crippen LogP contribution in [0.25, 0.3) is 0 Å². The molecule has 1 heterocycles. The summed E-state index contributed by atoms with van der Waals surface area (Å²) in [6.45, 7) is 0.612. The van der Waals surface area contributed by atoms with Gasteiger partial charge in [0.05, 0.1) is 6.61 Å². The van der Waals surface area contributed by atoms with Crippen molar-refractivity contribution in [3.8, 4) is 6.07 Å². The summed E-state index contributed by atoms with van der Waals surface area (Å²) in [6.07, 6.45) is 0.414. The number of nitrogens with zero attached hydrogens (tertiary/aromatic N) is 1. The molecule has 0 N–H and O–H groups in total. The van der Waals surface area contributed by atoms with Gasteiger partial charge in [-0.05, 0) is 5.56 Å². The maximum atomic E-state index is 11.6. The van der Waals surface area contributed by atoms with E-state index in [0.717, 1.165) is 5.56 Å². The molecule has 0 aliphatic carbocycles. The molecule has 0 amide bonds. The molecule has 0 aromatic heterocycles. The third-order valence-corrected chi connectivity index (χ3v) is 2.53. The Morgan fingerprint density at radius 2 is 2.19 bits per heavy atom. The molecule has 1 aliphatic heterocycles. The zero-order chi connectivity index (χ0) is 11.4. The van der Waals surface area contributed by atoms with E-state index in [-0.39, 0.29) is 6.61 Å². The van der Waals surface area contributed by atoms with Crippen LogP contribution in [0.4, 0.5) is 0 Å². The SMILES string of the molecule is N#C[C@@]1(C(=O)OCc2ccccc2)CCO1. The number of carbonyl (C=O) groups is 1. The molecule has 82 valence electrons. The molecule has 1 aromatic rings. The van der Waals surface area contributed by atoms with Crippen molar-refractivity contribution >= 4 is 5.97 Å². The van der Waals surface area contributed by atoms with Crippen molar-refractivity contribution in [2.45, 2.75) is 18.6 Å². The molecule has 0 saturated carbocycles. The van der Waals surface area contributed by atoms with Crippen LogP contribution in [0.1, 0.15) is 12.0 Å². The molecule has 0 spiro atoms. The minimum absolute atomic E-state index is 0.173. The quantitative estimate of drug-likeness (QED) is 0.718. The predicted molar refractivity (Wildman–Crippen MR) is 55.2 cm³/mol. The van der Waals surface area contributed by atoms with Crippen LogP contribution in [0, 0.1) is 11.3 Å². The summed E-state index contributed by atoms with van der Waals surface area (Å²) < 4.78 is 10.0. The predicted octanol–water partition coefficient (Wildman–Crippen LogP) is 1.41. The number of ether oxygens (including phenoxy) is 2. The fourth-order valence-corrected chi connectivity index (χ4v) is 1.44. The van der Waals surface area contributed by atoms with Crippen LogP contribution in [0.2, 0.25) is 0 Å². The molecular formula is C12H11NO3. The number of rotatable bonds is 3. The zero-order valence-corrected chi connectivity index (χ0v) is 8.68. The summed E-state index contributed by atoms with van der Waals surface area (Å²) in [6, 6.07) is 11.2. The van der Waals surface area contributed by atoms with E-state index in [0.29, 0.717) is 13.0 Å². The van der Waals surface area contributed by atoms with Crippen LogP contribution in [0.15, 0.2) is 30.3 Å². The van der Waals surface area contributed by atoms with Gasteiger partial charge in [-0.15, -0.1) is 0 Å². The van der Waals surface area contributed by atoms with Gasteiger partial charge in [-0.25, -0.2) is 4.79 Å². The molecule has 4 nitrogen and oxygen atoms in total. The van der Waals surface area contributed by atoms with Crippen LogP contribution in [0.3, 0.4) is 0 Å². The van der Waals surface area contributed by atoms with Crippen molar-refractivity contribution in [1.29, 1.82) is 5.26 Å². The molecule has 1 saturated heterocycles. The molecular weight excluding hydrogens is 206 g/mol. The van der Waals surface area contributed by atoms with E-state index in [1.54, 1.807) is 0 Å². The maximum Gasteiger partial charge on any atom is 0.353 e. The topological polar surface area (TPSA) is 59.3 Å². The van der Waals surface area contributed by atoms with Crippen LogP contribution in [0.5, 0.6) is 0 Å². The average Bonchev–Trinajstić information content (AvgIpc) is 2.27. The van der Waals surface area contributed by atoms with E-state index in [9.17, 15) is 4.79 Å². The first kappa shape index (κ1) is 10.7. The molecule has 1 fully saturated rings. The van der Waals surface area contributed by atoms with Crippen molar-refractivity contribution in [2.75, 3.05) is 6.61 Å². The van der Waals surface area contributed by atoms with Crippen molar-refractivity contribution in [3.05, 3.63) is 35.9 Å². The molecule has 1 atom stereocenters. The average molecular weight is 217 g/mol. The summed E-state index contributed by atoms with van der Waals surface area (Å²) in [5, 5.41) is 8.83. The largest absolute Gasteiger partial charge is 0.458 e. The number of carbonyl (C=O) groups excluding carboxylic acids is 1. The molecule has 2 rings (SSSR count). The Kier molecular flexibility index (Phi) is 2.88. The Hall–Kier alpha value is -1.86. The number of hydrogen-bond acceptors (Lipinski definition) is 4. The third kappa shape index (κ3) is 1.90. The van der Waals surface area contributed by atoms with Gasteiger partial charge in [0.25, 0.3) is 5.60 Å². The number of esters is 1. The lowest BCUT2D eigenvalue weighted by Gasteiger charge is -2.32. The van der Waals surface area contributed by atoms with Crippen molar-refractivity contribution in [2.24, 2.45) is 0 Å². The Labute approximate surface area is 93.4 Å². The van der Waals surface area contributed by atoms with Gasteiger partial charge < -0.3 is 9.47 Å². The minimum Gasteiger partial charge on any atom is -0.458 e. The van der Waals surface area contributed by atoms with Gasteiger partial charge in [-0.2, -0.15) is 5.26 Å². The van der Waals surface area contributed by atoms with Crippen LogP contribution >= 0.6 is 0 Å². The smallest absolute Gasteiger partial charge is 0.353 e. The number of benzene rings is 1. The Morgan fingerprint density at radius 3 is 2.69 bits per heavy atom. The van der Waals surface area contributed by atoms with Gasteiger partial charge in [0.15, 0.2) is 0 Å². The number of hydrogen-bond donors (Lipinski definition) is 0. The summed E-state index contributed by atoms with van der Waals surface area (Å²) in [5.74, 6) is -0.592. The second-order valence-corrected chi connectivity index (χ2v) is 3.60. The molecule has 1 aromatic carbocycles. The van der Waals surface area contributed by atoms with Crippen LogP contribution in [-0.2, 0) is 20.9 Å². The highest BCUT2D eigenvalue weighted by molar-refractivity contribution is 5.84. The fourth-order valence-electron chi connectivity index (χ4n) is 1.44. The molecule has 16 heavy (non-hydrogen) atoms. The lowest BCUT2D eigenvalue weighted by molar-refractivity contribution is -0.186. The molecule has 0 unspecified atom stereocenters. The van der Waals surface area contributed by atoms with Crippen LogP contribution < -0.4 is 0 Å². The molecule has 0 radical (unpaired) electrons. The Balaban J connectivity index is 1.92. The second kappa shape index (κ2) is 4.33. The highest BCUT2D eigenvalue weighted by atomic mass is 16.6. The highest BCUT2D eigenvalue weighted by Crippen LogP contribution is 2.27. The van der Waals surface area contributed by atoms with Crippen LogP contribution in [-0.4, -0.2) is 18.2 Å². The van der Waals surface area contributed by atoms with Gasteiger partial charge in [0.1, 0.15) is 12.7 Å². The lowest BCUT2D eigenvalue weighted by atomic mass is 9.97. The first-order chi connectivity index (χ1) is 7.77. The fraction of sp³-hybridized carbons (Fsp3) is 0.333. The van der Waals surface area contributed by atoms with E-state index < -0.39 is 11.6 Å². The van der Waals surface area contributed by atoms with E-state index in [2.05, 4.69) is 0 Å². The van der Waals surface area contributed by atoms with Crippen molar-refractivity contribution in [3.63, 3.8) is 0 Å².